The van der Waals surface area contributed by atoms with Gasteiger partial charge in [0.25, 0.3) is 0 Å². The van der Waals surface area contributed by atoms with Crippen LogP contribution in [0.25, 0.3) is 0 Å². The maximum absolute atomic E-state index is 12.5. The summed E-state index contributed by atoms with van der Waals surface area (Å²) in [6.45, 7) is 1.04. The van der Waals surface area contributed by atoms with Crippen LogP contribution < -0.4 is 0 Å². The molecule has 120 valence electrons. The Kier molecular flexibility index (Phi) is 4.84. The van der Waals surface area contributed by atoms with Crippen LogP contribution in [0.4, 0.5) is 0 Å². The fraction of sp³-hybridized carbons (Fsp3) is 0.833. The van der Waals surface area contributed by atoms with Crippen LogP contribution >= 0.6 is 0 Å². The van der Waals surface area contributed by atoms with Gasteiger partial charge in [0.2, 0.25) is 15.9 Å². The average Bonchev–Trinajstić information content (AvgIpc) is 2.45. The van der Waals surface area contributed by atoms with Crippen molar-refractivity contribution in [3.63, 3.8) is 0 Å². The molecule has 21 heavy (non-hydrogen) atoms. The van der Waals surface area contributed by atoms with Crippen molar-refractivity contribution in [2.45, 2.75) is 18.9 Å². The Morgan fingerprint density at radius 2 is 2.00 bits per heavy atom. The zero-order chi connectivity index (χ0) is 15.6. The fourth-order valence-electron chi connectivity index (χ4n) is 2.75. The lowest BCUT2D eigenvalue weighted by atomic mass is 9.97. The van der Waals surface area contributed by atoms with Crippen LogP contribution in [0.2, 0.25) is 0 Å². The molecular formula is C12H20N2O6S. The van der Waals surface area contributed by atoms with Gasteiger partial charge in [-0.25, -0.2) is 17.5 Å². The molecule has 1 amide bonds. The molecule has 0 spiro atoms. The van der Waals surface area contributed by atoms with Crippen LogP contribution in [0.5, 0.6) is 0 Å². The lowest BCUT2D eigenvalue weighted by Gasteiger charge is -2.38. The van der Waals surface area contributed by atoms with Crippen molar-refractivity contribution < 1.29 is 27.9 Å². The number of hydrogen-bond donors (Lipinski definition) is 1. The summed E-state index contributed by atoms with van der Waals surface area (Å²) in [5.41, 5.74) is 0. The predicted molar refractivity (Wildman–Crippen MR) is 73.1 cm³/mol. The molecule has 9 heteroatoms. The number of aliphatic carboxylic acids is 1. The highest BCUT2D eigenvalue weighted by molar-refractivity contribution is 7.88. The second-order valence-electron chi connectivity index (χ2n) is 5.42. The van der Waals surface area contributed by atoms with E-state index in [0.29, 0.717) is 26.0 Å². The Balaban J connectivity index is 2.09. The van der Waals surface area contributed by atoms with E-state index < -0.39 is 28.0 Å². The van der Waals surface area contributed by atoms with Crippen LogP contribution in [-0.4, -0.2) is 79.8 Å². The summed E-state index contributed by atoms with van der Waals surface area (Å²) in [4.78, 5) is 25.0. The smallest absolute Gasteiger partial charge is 0.328 e. The summed E-state index contributed by atoms with van der Waals surface area (Å²) in [6.07, 6.45) is 2.30. The van der Waals surface area contributed by atoms with Crippen molar-refractivity contribution in [2.24, 2.45) is 5.92 Å². The lowest BCUT2D eigenvalue weighted by Crippen LogP contribution is -2.56. The van der Waals surface area contributed by atoms with Crippen molar-refractivity contribution in [2.75, 3.05) is 39.1 Å². The maximum Gasteiger partial charge on any atom is 0.328 e. The summed E-state index contributed by atoms with van der Waals surface area (Å²) >= 11 is 0. The molecule has 1 N–H and O–H groups in total. The monoisotopic (exact) mass is 320 g/mol. The number of ether oxygens (including phenoxy) is 1. The number of sulfonamides is 1. The molecule has 2 aliphatic rings. The molecule has 0 radical (unpaired) electrons. The van der Waals surface area contributed by atoms with Crippen molar-refractivity contribution >= 4 is 21.9 Å². The number of hydrogen-bond acceptors (Lipinski definition) is 5. The van der Waals surface area contributed by atoms with Gasteiger partial charge in [0.05, 0.1) is 25.4 Å². The molecule has 0 aromatic rings. The number of rotatable bonds is 3. The standard InChI is InChI=1S/C12H20N2O6S/c1-21(18,19)13-4-2-3-9(7-13)11(15)14-5-6-20-8-10(14)12(16)17/h9-10H,2-8H2,1H3,(H,16,17)/t9-,10-/m0/s1. The normalized spacial score (nSPS) is 28.3. The highest BCUT2D eigenvalue weighted by Gasteiger charge is 2.38. The van der Waals surface area contributed by atoms with E-state index in [4.69, 9.17) is 9.84 Å². The first-order valence-corrected chi connectivity index (χ1v) is 8.71. The first-order valence-electron chi connectivity index (χ1n) is 6.87. The van der Waals surface area contributed by atoms with Crippen LogP contribution in [0.15, 0.2) is 0 Å². The molecule has 0 aromatic carbocycles. The van der Waals surface area contributed by atoms with E-state index in [1.54, 1.807) is 0 Å². The highest BCUT2D eigenvalue weighted by Crippen LogP contribution is 2.22. The van der Waals surface area contributed by atoms with Gasteiger partial charge in [0, 0.05) is 19.6 Å². The predicted octanol–water partition coefficient (Wildman–Crippen LogP) is -1.03. The van der Waals surface area contributed by atoms with Crippen molar-refractivity contribution in [1.82, 2.24) is 9.21 Å². The molecule has 0 bridgehead atoms. The highest BCUT2D eigenvalue weighted by atomic mass is 32.2. The van der Waals surface area contributed by atoms with Crippen LogP contribution in [0.3, 0.4) is 0 Å². The molecular weight excluding hydrogens is 300 g/mol. The zero-order valence-corrected chi connectivity index (χ0v) is 12.7. The molecule has 0 saturated carbocycles. The Morgan fingerprint density at radius 1 is 1.29 bits per heavy atom. The van der Waals surface area contributed by atoms with Gasteiger partial charge in [-0.2, -0.15) is 0 Å². The number of carbonyl (C=O) groups is 2. The van der Waals surface area contributed by atoms with Crippen molar-refractivity contribution in [1.29, 1.82) is 0 Å². The van der Waals surface area contributed by atoms with Gasteiger partial charge in [-0.15, -0.1) is 0 Å². The van der Waals surface area contributed by atoms with Gasteiger partial charge in [-0.05, 0) is 12.8 Å². The summed E-state index contributed by atoms with van der Waals surface area (Å²) in [7, 11) is -3.33. The molecule has 2 atom stereocenters. The zero-order valence-electron chi connectivity index (χ0n) is 11.9. The Labute approximate surface area is 123 Å². The van der Waals surface area contributed by atoms with Gasteiger partial charge >= 0.3 is 5.97 Å². The number of morpholine rings is 1. The van der Waals surface area contributed by atoms with Crippen LogP contribution in [-0.2, 0) is 24.3 Å². The van der Waals surface area contributed by atoms with Gasteiger partial charge in [0.15, 0.2) is 6.04 Å². The molecule has 0 aliphatic carbocycles. The quantitative estimate of drug-likeness (QED) is 0.713. The summed E-state index contributed by atoms with van der Waals surface area (Å²) < 4.78 is 29.6. The second kappa shape index (κ2) is 6.29. The third-order valence-corrected chi connectivity index (χ3v) is 5.17. The molecule has 2 aliphatic heterocycles. The van der Waals surface area contributed by atoms with E-state index in [2.05, 4.69) is 0 Å². The topological polar surface area (TPSA) is 104 Å². The summed E-state index contributed by atoms with van der Waals surface area (Å²) in [6, 6.07) is -0.986. The van der Waals surface area contributed by atoms with E-state index in [1.165, 1.54) is 9.21 Å². The van der Waals surface area contributed by atoms with E-state index >= 15 is 0 Å². The van der Waals surface area contributed by atoms with Crippen molar-refractivity contribution in [3.05, 3.63) is 0 Å². The first-order chi connectivity index (χ1) is 9.80. The molecule has 8 nitrogen and oxygen atoms in total. The number of carbonyl (C=O) groups excluding carboxylic acids is 1. The van der Waals surface area contributed by atoms with Gasteiger partial charge < -0.3 is 14.7 Å². The minimum absolute atomic E-state index is 0.0242. The van der Waals surface area contributed by atoms with E-state index in [0.717, 1.165) is 6.26 Å². The first kappa shape index (κ1) is 16.2. The van der Waals surface area contributed by atoms with Crippen LogP contribution in [0.1, 0.15) is 12.8 Å². The number of nitrogens with zero attached hydrogens (tertiary/aromatic N) is 2. The van der Waals surface area contributed by atoms with E-state index in [-0.39, 0.29) is 25.6 Å². The molecule has 2 saturated heterocycles. The minimum Gasteiger partial charge on any atom is -0.480 e. The molecule has 0 unspecified atom stereocenters. The van der Waals surface area contributed by atoms with Gasteiger partial charge in [-0.1, -0.05) is 0 Å². The molecule has 2 rings (SSSR count). The fourth-order valence-corrected chi connectivity index (χ4v) is 3.66. The third kappa shape index (κ3) is 3.72. The maximum atomic E-state index is 12.5. The van der Waals surface area contributed by atoms with E-state index in [1.807, 2.05) is 0 Å². The SMILES string of the molecule is CS(=O)(=O)N1CCC[C@H](C(=O)N2CCOC[C@H]2C(=O)O)C1. The number of piperidine rings is 1. The second-order valence-corrected chi connectivity index (χ2v) is 7.40. The third-order valence-electron chi connectivity index (χ3n) is 3.90. The Hall–Kier alpha value is -1.19. The van der Waals surface area contributed by atoms with E-state index in [9.17, 15) is 18.0 Å². The lowest BCUT2D eigenvalue weighted by molar-refractivity contribution is -0.160. The summed E-state index contributed by atoms with van der Waals surface area (Å²) in [5.74, 6) is -1.87. The molecule has 0 aromatic heterocycles. The average molecular weight is 320 g/mol. The van der Waals surface area contributed by atoms with Gasteiger partial charge in [-0.3, -0.25) is 4.79 Å². The molecule has 2 fully saturated rings. The summed E-state index contributed by atoms with van der Waals surface area (Å²) in [5, 5.41) is 9.16. The Morgan fingerprint density at radius 3 is 2.62 bits per heavy atom. The number of carboxylic acids is 1. The Bertz CT molecular complexity index is 520. The number of amides is 1. The van der Waals surface area contributed by atoms with Crippen LogP contribution in [0, 0.1) is 5.92 Å². The largest absolute Gasteiger partial charge is 0.480 e. The number of carboxylic acid groups (broad SMARTS) is 1. The molecule has 2 heterocycles. The van der Waals surface area contributed by atoms with Crippen molar-refractivity contribution in [3.8, 4) is 0 Å². The van der Waals surface area contributed by atoms with Gasteiger partial charge in [0.1, 0.15) is 0 Å². The minimum atomic E-state index is -3.33.